The molecule has 1 aliphatic rings. The van der Waals surface area contributed by atoms with Gasteiger partial charge in [0.2, 0.25) is 10.0 Å². The molecule has 1 saturated heterocycles. The van der Waals surface area contributed by atoms with Crippen LogP contribution in [0.5, 0.6) is 0 Å². The molecule has 1 N–H and O–H groups in total. The summed E-state index contributed by atoms with van der Waals surface area (Å²) in [6, 6.07) is 11.6. The zero-order valence-corrected chi connectivity index (χ0v) is 19.9. The normalized spacial score (nSPS) is 16.5. The first kappa shape index (κ1) is 23.4. The number of H-pyrrole nitrogens is 1. The van der Waals surface area contributed by atoms with Gasteiger partial charge >= 0.3 is 0 Å². The number of aromatic nitrogens is 1. The van der Waals surface area contributed by atoms with Gasteiger partial charge < -0.3 is 9.72 Å². The van der Waals surface area contributed by atoms with Crippen LogP contribution in [0, 0.1) is 13.8 Å². The Balaban J connectivity index is 1.73. The van der Waals surface area contributed by atoms with Gasteiger partial charge in [-0.1, -0.05) is 18.2 Å². The highest BCUT2D eigenvalue weighted by atomic mass is 32.2. The summed E-state index contributed by atoms with van der Waals surface area (Å²) < 4.78 is 34.1. The Bertz CT molecular complexity index is 1350. The summed E-state index contributed by atoms with van der Waals surface area (Å²) in [4.78, 5) is 27.4. The van der Waals surface area contributed by atoms with Gasteiger partial charge in [-0.05, 0) is 69.0 Å². The highest BCUT2D eigenvalue weighted by Crippen LogP contribution is 2.24. The first-order valence-electron chi connectivity index (χ1n) is 11.0. The second-order valence-corrected chi connectivity index (χ2v) is 10.6. The standard InChI is InChI=1S/C25H28N2O5S/c1-16-11-17(2)23-13-20(25(29)26-24(23)12-16)14-27(15-21-5-4-10-32-21)33(30,31)22-8-6-19(7-9-22)18(3)28/h6-9,11-13,21H,4-5,10,14-15H2,1-3H3,(H,26,29)/t21-/m0/s1. The number of nitrogens with one attached hydrogen (secondary N) is 1. The van der Waals surface area contributed by atoms with Crippen LogP contribution in [0.15, 0.2) is 52.2 Å². The molecule has 174 valence electrons. The van der Waals surface area contributed by atoms with Crippen molar-refractivity contribution in [1.82, 2.24) is 9.29 Å². The van der Waals surface area contributed by atoms with Crippen molar-refractivity contribution in [1.29, 1.82) is 0 Å². The Morgan fingerprint density at radius 3 is 2.52 bits per heavy atom. The molecule has 0 radical (unpaired) electrons. The number of benzene rings is 2. The molecule has 0 amide bonds. The minimum absolute atomic E-state index is 0.0742. The summed E-state index contributed by atoms with van der Waals surface area (Å²) in [5.41, 5.74) is 3.28. The van der Waals surface area contributed by atoms with E-state index >= 15 is 0 Å². The van der Waals surface area contributed by atoms with Gasteiger partial charge in [0.05, 0.1) is 11.0 Å². The third-order valence-electron chi connectivity index (χ3n) is 6.07. The van der Waals surface area contributed by atoms with Crippen molar-refractivity contribution in [3.8, 4) is 0 Å². The van der Waals surface area contributed by atoms with E-state index in [-0.39, 0.29) is 35.4 Å². The fourth-order valence-electron chi connectivity index (χ4n) is 4.30. The number of carbonyl (C=O) groups excluding carboxylic acids is 1. The number of ether oxygens (including phenoxy) is 1. The average Bonchev–Trinajstić information content (AvgIpc) is 3.27. The zero-order chi connectivity index (χ0) is 23.8. The van der Waals surface area contributed by atoms with E-state index in [1.165, 1.54) is 35.5 Å². The Morgan fingerprint density at radius 2 is 1.88 bits per heavy atom. The lowest BCUT2D eigenvalue weighted by Crippen LogP contribution is -2.38. The smallest absolute Gasteiger partial charge is 0.252 e. The number of aromatic amines is 1. The topological polar surface area (TPSA) is 96.5 Å². The molecule has 0 spiro atoms. The van der Waals surface area contributed by atoms with Gasteiger partial charge in [-0.2, -0.15) is 4.31 Å². The number of hydrogen-bond acceptors (Lipinski definition) is 5. The summed E-state index contributed by atoms with van der Waals surface area (Å²) in [5, 5.41) is 0.885. The molecule has 0 aliphatic carbocycles. The minimum Gasteiger partial charge on any atom is -0.377 e. The number of fused-ring (bicyclic) bond motifs is 1. The number of pyridine rings is 1. The lowest BCUT2D eigenvalue weighted by Gasteiger charge is -2.25. The molecule has 7 nitrogen and oxygen atoms in total. The average molecular weight is 469 g/mol. The number of hydrogen-bond donors (Lipinski definition) is 1. The molecule has 33 heavy (non-hydrogen) atoms. The van der Waals surface area contributed by atoms with Crippen molar-refractivity contribution < 1.29 is 17.9 Å². The molecule has 0 unspecified atom stereocenters. The van der Waals surface area contributed by atoms with Gasteiger partial charge in [0.1, 0.15) is 0 Å². The Morgan fingerprint density at radius 1 is 1.15 bits per heavy atom. The van der Waals surface area contributed by atoms with Crippen molar-refractivity contribution in [3.63, 3.8) is 0 Å². The van der Waals surface area contributed by atoms with E-state index in [2.05, 4.69) is 4.98 Å². The number of Topliss-reactive ketones (excluding diaryl/α,β-unsaturated/α-hetero) is 1. The van der Waals surface area contributed by atoms with Crippen molar-refractivity contribution in [3.05, 3.63) is 75.1 Å². The van der Waals surface area contributed by atoms with Crippen molar-refractivity contribution in [2.75, 3.05) is 13.2 Å². The quantitative estimate of drug-likeness (QED) is 0.533. The summed E-state index contributed by atoms with van der Waals surface area (Å²) in [6.07, 6.45) is 1.42. The van der Waals surface area contributed by atoms with Crippen LogP contribution in [0.1, 0.15) is 46.8 Å². The van der Waals surface area contributed by atoms with Crippen LogP contribution in [0.25, 0.3) is 10.9 Å². The lowest BCUT2D eigenvalue weighted by molar-refractivity contribution is 0.0925. The molecule has 3 aromatic rings. The molecular formula is C25H28N2O5S. The van der Waals surface area contributed by atoms with E-state index in [0.717, 1.165) is 34.9 Å². The maximum Gasteiger partial charge on any atom is 0.252 e. The fourth-order valence-corrected chi connectivity index (χ4v) is 5.75. The molecule has 2 aromatic carbocycles. The summed E-state index contributed by atoms with van der Waals surface area (Å²) in [5.74, 6) is -0.136. The SMILES string of the molecule is CC(=O)c1ccc(S(=O)(=O)N(Cc2cc3c(C)cc(C)cc3[nH]c2=O)C[C@@H]2CCCO2)cc1. The molecule has 1 fully saturated rings. The van der Waals surface area contributed by atoms with E-state index in [1.54, 1.807) is 6.07 Å². The predicted octanol–water partition coefficient (Wildman–Crippen LogP) is 3.72. The van der Waals surface area contributed by atoms with Gasteiger partial charge in [-0.3, -0.25) is 9.59 Å². The number of rotatable bonds is 7. The van der Waals surface area contributed by atoms with E-state index in [4.69, 9.17) is 4.74 Å². The second kappa shape index (κ2) is 9.21. The van der Waals surface area contributed by atoms with Gasteiger partial charge in [0, 0.05) is 41.7 Å². The number of nitrogens with zero attached hydrogens (tertiary/aromatic N) is 1. The predicted molar refractivity (Wildman–Crippen MR) is 127 cm³/mol. The zero-order valence-electron chi connectivity index (χ0n) is 19.1. The number of sulfonamides is 1. The van der Waals surface area contributed by atoms with Gasteiger partial charge in [-0.15, -0.1) is 0 Å². The maximum atomic E-state index is 13.6. The number of carbonyl (C=O) groups is 1. The number of ketones is 1. The third-order valence-corrected chi connectivity index (χ3v) is 7.89. The number of aryl methyl sites for hydroxylation is 2. The fraction of sp³-hybridized carbons (Fsp3) is 0.360. The van der Waals surface area contributed by atoms with Crippen LogP contribution in [-0.2, 0) is 21.3 Å². The Kier molecular flexibility index (Phi) is 6.52. The highest BCUT2D eigenvalue weighted by molar-refractivity contribution is 7.89. The van der Waals surface area contributed by atoms with Crippen LogP contribution in [0.3, 0.4) is 0 Å². The van der Waals surface area contributed by atoms with Crippen LogP contribution in [-0.4, -0.2) is 42.7 Å². The molecule has 1 aromatic heterocycles. The van der Waals surface area contributed by atoms with Gasteiger partial charge in [0.25, 0.3) is 5.56 Å². The van der Waals surface area contributed by atoms with Crippen molar-refractivity contribution >= 4 is 26.7 Å². The molecule has 2 heterocycles. The van der Waals surface area contributed by atoms with E-state index < -0.39 is 10.0 Å². The Hall–Kier alpha value is -2.81. The largest absolute Gasteiger partial charge is 0.377 e. The second-order valence-electron chi connectivity index (χ2n) is 8.68. The van der Waals surface area contributed by atoms with E-state index in [1.807, 2.05) is 26.0 Å². The van der Waals surface area contributed by atoms with E-state index in [0.29, 0.717) is 17.7 Å². The van der Waals surface area contributed by atoms with Crippen LogP contribution < -0.4 is 5.56 Å². The van der Waals surface area contributed by atoms with Crippen LogP contribution >= 0.6 is 0 Å². The van der Waals surface area contributed by atoms with Crippen molar-refractivity contribution in [2.45, 2.75) is 51.2 Å². The first-order valence-corrected chi connectivity index (χ1v) is 12.4. The first-order chi connectivity index (χ1) is 15.6. The summed E-state index contributed by atoms with van der Waals surface area (Å²) in [7, 11) is -3.93. The molecule has 1 atom stereocenters. The monoisotopic (exact) mass is 468 g/mol. The minimum atomic E-state index is -3.93. The molecular weight excluding hydrogens is 440 g/mol. The van der Waals surface area contributed by atoms with Gasteiger partial charge in [-0.25, -0.2) is 8.42 Å². The molecule has 1 aliphatic heterocycles. The van der Waals surface area contributed by atoms with E-state index in [9.17, 15) is 18.0 Å². The van der Waals surface area contributed by atoms with Crippen LogP contribution in [0.2, 0.25) is 0 Å². The summed E-state index contributed by atoms with van der Waals surface area (Å²) in [6.45, 7) is 6.04. The van der Waals surface area contributed by atoms with Crippen LogP contribution in [0.4, 0.5) is 0 Å². The highest BCUT2D eigenvalue weighted by Gasteiger charge is 2.30. The molecule has 0 bridgehead atoms. The Labute approximate surface area is 193 Å². The molecule has 0 saturated carbocycles. The molecule has 4 rings (SSSR count). The molecule has 8 heteroatoms. The lowest BCUT2D eigenvalue weighted by atomic mass is 10.0. The summed E-state index contributed by atoms with van der Waals surface area (Å²) >= 11 is 0. The van der Waals surface area contributed by atoms with Crippen molar-refractivity contribution in [2.24, 2.45) is 0 Å². The van der Waals surface area contributed by atoms with Gasteiger partial charge in [0.15, 0.2) is 5.78 Å². The maximum absolute atomic E-state index is 13.6. The third kappa shape index (κ3) is 4.93.